The molecule has 0 saturated carbocycles. The molecule has 4 heteroatoms. The topological polar surface area (TPSA) is 51.8 Å². The lowest BCUT2D eigenvalue weighted by Crippen LogP contribution is -2.15. The lowest BCUT2D eigenvalue weighted by atomic mass is 9.82. The van der Waals surface area contributed by atoms with Gasteiger partial charge in [-0.05, 0) is 45.8 Å². The minimum absolute atomic E-state index is 0.122. The second kappa shape index (κ2) is 9.19. The Kier molecular flexibility index (Phi) is 5.21. The average Bonchev–Trinajstić information content (AvgIpc) is 3.57. The fourth-order valence-electron chi connectivity index (χ4n) is 6.92. The van der Waals surface area contributed by atoms with Crippen molar-refractivity contribution in [2.45, 2.75) is 19.3 Å². The molecule has 0 atom stereocenters. The minimum Gasteiger partial charge on any atom is -0.455 e. The first-order valence-corrected chi connectivity index (χ1v) is 15.0. The van der Waals surface area contributed by atoms with Crippen molar-refractivity contribution in [1.82, 2.24) is 15.0 Å². The number of fused-ring (bicyclic) bond motifs is 8. The van der Waals surface area contributed by atoms with Crippen LogP contribution in [-0.4, -0.2) is 15.0 Å². The Morgan fingerprint density at radius 3 is 2.09 bits per heavy atom. The van der Waals surface area contributed by atoms with Crippen LogP contribution in [0.5, 0.6) is 0 Å². The second-order valence-corrected chi connectivity index (χ2v) is 12.0. The molecule has 6 aromatic carbocycles. The largest absolute Gasteiger partial charge is 0.455 e. The summed E-state index contributed by atoms with van der Waals surface area (Å²) in [6.07, 6.45) is 0. The standard InChI is InChI=1S/C40H27N3O/c1-40(2)32-17-8-6-14-27(32)28-21-20-26(23-33(28)40)38-41-37(25-11-4-3-5-12-25)42-39(43-38)31-16-10-13-24-19-22-30-29-15-7-9-18-34(29)44-36(30)35(24)31/h3-23H,1-2H3. The third-order valence-corrected chi connectivity index (χ3v) is 9.14. The van der Waals surface area contributed by atoms with E-state index in [1.807, 2.05) is 48.5 Å². The number of nitrogens with zero attached hydrogens (tertiary/aromatic N) is 3. The molecule has 0 saturated heterocycles. The summed E-state index contributed by atoms with van der Waals surface area (Å²) in [6.45, 7) is 4.59. The molecule has 0 radical (unpaired) electrons. The lowest BCUT2D eigenvalue weighted by molar-refractivity contribution is 0.660. The molecular weight excluding hydrogens is 538 g/mol. The molecule has 0 unspecified atom stereocenters. The van der Waals surface area contributed by atoms with Crippen LogP contribution in [0.15, 0.2) is 132 Å². The van der Waals surface area contributed by atoms with Gasteiger partial charge in [0.25, 0.3) is 0 Å². The van der Waals surface area contributed by atoms with Crippen LogP contribution in [0.4, 0.5) is 0 Å². The summed E-state index contributed by atoms with van der Waals surface area (Å²) >= 11 is 0. The molecule has 2 aromatic heterocycles. The zero-order chi connectivity index (χ0) is 29.4. The Balaban J connectivity index is 1.30. The number of hydrogen-bond acceptors (Lipinski definition) is 4. The highest BCUT2D eigenvalue weighted by Crippen LogP contribution is 2.49. The monoisotopic (exact) mass is 565 g/mol. The van der Waals surface area contributed by atoms with Crippen molar-refractivity contribution in [2.24, 2.45) is 0 Å². The molecule has 1 aliphatic rings. The van der Waals surface area contributed by atoms with E-state index < -0.39 is 0 Å². The van der Waals surface area contributed by atoms with Gasteiger partial charge in [0.15, 0.2) is 17.5 Å². The summed E-state index contributed by atoms with van der Waals surface area (Å²) in [5.41, 5.74) is 9.63. The predicted molar refractivity (Wildman–Crippen MR) is 178 cm³/mol. The van der Waals surface area contributed by atoms with Crippen molar-refractivity contribution in [1.29, 1.82) is 0 Å². The van der Waals surface area contributed by atoms with E-state index in [0.717, 1.165) is 49.4 Å². The van der Waals surface area contributed by atoms with Crippen molar-refractivity contribution in [2.75, 3.05) is 0 Å². The fourth-order valence-corrected chi connectivity index (χ4v) is 6.92. The molecule has 0 N–H and O–H groups in total. The Hall–Kier alpha value is -5.61. The Bertz CT molecular complexity index is 2420. The number of para-hydroxylation sites is 1. The quantitative estimate of drug-likeness (QED) is 0.214. The third-order valence-electron chi connectivity index (χ3n) is 9.14. The first-order chi connectivity index (χ1) is 21.6. The predicted octanol–water partition coefficient (Wildman–Crippen LogP) is 10.2. The number of benzene rings is 6. The highest BCUT2D eigenvalue weighted by molar-refractivity contribution is 6.18. The van der Waals surface area contributed by atoms with E-state index in [1.54, 1.807) is 0 Å². The van der Waals surface area contributed by atoms with Crippen molar-refractivity contribution >= 4 is 32.7 Å². The van der Waals surface area contributed by atoms with Gasteiger partial charge in [0.1, 0.15) is 11.2 Å². The van der Waals surface area contributed by atoms with E-state index >= 15 is 0 Å². The second-order valence-electron chi connectivity index (χ2n) is 12.0. The normalized spacial score (nSPS) is 13.4. The number of furan rings is 1. The summed E-state index contributed by atoms with van der Waals surface area (Å²) in [5.74, 6) is 1.91. The van der Waals surface area contributed by atoms with Gasteiger partial charge in [-0.2, -0.15) is 0 Å². The van der Waals surface area contributed by atoms with Gasteiger partial charge in [-0.15, -0.1) is 0 Å². The molecule has 0 amide bonds. The molecule has 2 heterocycles. The Morgan fingerprint density at radius 1 is 0.500 bits per heavy atom. The summed E-state index contributed by atoms with van der Waals surface area (Å²) in [6, 6.07) is 44.2. The number of rotatable bonds is 3. The van der Waals surface area contributed by atoms with Gasteiger partial charge in [-0.1, -0.05) is 123 Å². The van der Waals surface area contributed by atoms with Crippen molar-refractivity contribution in [3.63, 3.8) is 0 Å². The minimum atomic E-state index is -0.122. The lowest BCUT2D eigenvalue weighted by Gasteiger charge is -2.21. The summed E-state index contributed by atoms with van der Waals surface area (Å²) in [5, 5.41) is 4.26. The van der Waals surface area contributed by atoms with Crippen molar-refractivity contribution in [3.05, 3.63) is 139 Å². The summed E-state index contributed by atoms with van der Waals surface area (Å²) in [7, 11) is 0. The maximum Gasteiger partial charge on any atom is 0.164 e. The van der Waals surface area contributed by atoms with E-state index in [1.165, 1.54) is 22.3 Å². The highest BCUT2D eigenvalue weighted by Gasteiger charge is 2.35. The molecule has 208 valence electrons. The molecule has 4 nitrogen and oxygen atoms in total. The molecule has 44 heavy (non-hydrogen) atoms. The SMILES string of the molecule is CC1(C)c2ccccc2-c2ccc(-c3nc(-c4ccccc4)nc(-c4cccc5ccc6c7ccccc7oc6c45)n3)cc21. The zero-order valence-electron chi connectivity index (χ0n) is 24.4. The number of hydrogen-bond donors (Lipinski definition) is 0. The van der Waals surface area contributed by atoms with Gasteiger partial charge in [0.05, 0.1) is 0 Å². The third kappa shape index (κ3) is 3.61. The van der Waals surface area contributed by atoms with E-state index in [4.69, 9.17) is 19.4 Å². The number of aromatic nitrogens is 3. The van der Waals surface area contributed by atoms with Gasteiger partial charge >= 0.3 is 0 Å². The molecule has 0 bridgehead atoms. The van der Waals surface area contributed by atoms with Crippen LogP contribution in [0.1, 0.15) is 25.0 Å². The first-order valence-electron chi connectivity index (χ1n) is 15.0. The van der Waals surface area contributed by atoms with Crippen LogP contribution in [0, 0.1) is 0 Å². The molecule has 0 spiro atoms. The molecule has 0 fully saturated rings. The maximum atomic E-state index is 6.49. The Labute approximate surface area is 254 Å². The summed E-state index contributed by atoms with van der Waals surface area (Å²) < 4.78 is 6.49. The van der Waals surface area contributed by atoms with E-state index in [-0.39, 0.29) is 5.41 Å². The van der Waals surface area contributed by atoms with Crippen LogP contribution < -0.4 is 0 Å². The fraction of sp³-hybridized carbons (Fsp3) is 0.0750. The van der Waals surface area contributed by atoms with Gasteiger partial charge in [-0.3, -0.25) is 0 Å². The maximum absolute atomic E-state index is 6.49. The van der Waals surface area contributed by atoms with Gasteiger partial charge in [-0.25, -0.2) is 15.0 Å². The van der Waals surface area contributed by atoms with Gasteiger partial charge in [0, 0.05) is 38.3 Å². The van der Waals surface area contributed by atoms with Crippen LogP contribution in [-0.2, 0) is 5.41 Å². The van der Waals surface area contributed by atoms with Crippen LogP contribution in [0.2, 0.25) is 0 Å². The smallest absolute Gasteiger partial charge is 0.164 e. The Morgan fingerprint density at radius 2 is 1.20 bits per heavy atom. The van der Waals surface area contributed by atoms with Gasteiger partial charge in [0.2, 0.25) is 0 Å². The average molecular weight is 566 g/mol. The molecule has 9 rings (SSSR count). The van der Waals surface area contributed by atoms with Crippen LogP contribution >= 0.6 is 0 Å². The molecule has 0 aliphatic heterocycles. The van der Waals surface area contributed by atoms with E-state index in [2.05, 4.69) is 92.7 Å². The van der Waals surface area contributed by atoms with Crippen molar-refractivity contribution in [3.8, 4) is 45.3 Å². The van der Waals surface area contributed by atoms with Crippen molar-refractivity contribution < 1.29 is 4.42 Å². The van der Waals surface area contributed by atoms with Crippen LogP contribution in [0.25, 0.3) is 78.0 Å². The van der Waals surface area contributed by atoms with E-state index in [9.17, 15) is 0 Å². The van der Waals surface area contributed by atoms with Crippen LogP contribution in [0.3, 0.4) is 0 Å². The van der Waals surface area contributed by atoms with Gasteiger partial charge < -0.3 is 4.42 Å². The first kappa shape index (κ1) is 24.9. The highest BCUT2D eigenvalue weighted by atomic mass is 16.3. The summed E-state index contributed by atoms with van der Waals surface area (Å²) in [4.78, 5) is 15.3. The molecule has 8 aromatic rings. The zero-order valence-corrected chi connectivity index (χ0v) is 24.4. The molecule has 1 aliphatic carbocycles. The van der Waals surface area contributed by atoms with E-state index in [0.29, 0.717) is 17.5 Å². The molecular formula is C40H27N3O.